The third-order valence-electron chi connectivity index (χ3n) is 11.7. The fourth-order valence-corrected chi connectivity index (χ4v) is 8.63. The van der Waals surface area contributed by atoms with Gasteiger partial charge in [0.25, 0.3) is 0 Å². The molecule has 0 bridgehead atoms. The van der Waals surface area contributed by atoms with Crippen LogP contribution in [-0.2, 0) is 30.3 Å². The van der Waals surface area contributed by atoms with E-state index in [1.54, 1.807) is 33.1 Å². The SMILES string of the molecule is CC[C@H](C)[C@@H]([C@H](CC(=O)N1CCC[C@H]1[C@H](OC)[C@@H](C)C(=O)N[C@H](CO)Cc1ccccc1)OC)N(C)C(=O)[C@@H](NC(=O)N1[C@H](C)CN(C)C[C@@H]1C)C(C)C. The molecule has 10 atom stereocenters. The number of carbonyl (C=O) groups excluding carboxylic acids is 4. The quantitative estimate of drug-likeness (QED) is 0.207. The first kappa shape index (κ1) is 45.1. The molecule has 0 unspecified atom stereocenters. The molecule has 0 aromatic heterocycles. The van der Waals surface area contributed by atoms with Gasteiger partial charge in [-0.3, -0.25) is 14.4 Å². The molecule has 2 aliphatic heterocycles. The Morgan fingerprint density at radius 3 is 2.15 bits per heavy atom. The number of likely N-dealkylation sites (N-methyl/N-ethyl adjacent to an activating group) is 2. The summed E-state index contributed by atoms with van der Waals surface area (Å²) in [7, 11) is 6.93. The highest BCUT2D eigenvalue weighted by Crippen LogP contribution is 2.30. The van der Waals surface area contributed by atoms with Crippen molar-refractivity contribution < 1.29 is 33.8 Å². The van der Waals surface area contributed by atoms with Crippen LogP contribution in [0.2, 0.25) is 0 Å². The Morgan fingerprint density at radius 1 is 0.981 bits per heavy atom. The van der Waals surface area contributed by atoms with E-state index in [2.05, 4.69) is 29.4 Å². The van der Waals surface area contributed by atoms with E-state index in [0.717, 1.165) is 31.5 Å². The van der Waals surface area contributed by atoms with Gasteiger partial charge in [0.2, 0.25) is 17.7 Å². The highest BCUT2D eigenvalue weighted by atomic mass is 16.5. The molecule has 1 aromatic carbocycles. The number of nitrogens with one attached hydrogen (secondary N) is 2. The lowest BCUT2D eigenvalue weighted by molar-refractivity contribution is -0.147. The molecule has 1 aromatic rings. The van der Waals surface area contributed by atoms with Crippen molar-refractivity contribution in [3.05, 3.63) is 35.9 Å². The number of nitrogens with zero attached hydrogens (tertiary/aromatic N) is 4. The molecule has 2 aliphatic rings. The smallest absolute Gasteiger partial charge is 0.318 e. The number of aliphatic hydroxyl groups excluding tert-OH is 1. The average Bonchev–Trinajstić information content (AvgIpc) is 3.62. The molecular weight excluding hydrogens is 688 g/mol. The van der Waals surface area contributed by atoms with Crippen LogP contribution in [0.25, 0.3) is 0 Å². The molecule has 0 radical (unpaired) electrons. The molecule has 306 valence electrons. The lowest BCUT2D eigenvalue weighted by Crippen LogP contribution is -2.63. The molecule has 13 nitrogen and oxygen atoms in total. The van der Waals surface area contributed by atoms with E-state index in [-0.39, 0.29) is 66.7 Å². The molecule has 2 saturated heterocycles. The second-order valence-electron chi connectivity index (χ2n) is 16.2. The first-order chi connectivity index (χ1) is 25.6. The summed E-state index contributed by atoms with van der Waals surface area (Å²) in [6.07, 6.45) is 1.54. The Bertz CT molecular complexity index is 1340. The van der Waals surface area contributed by atoms with Crippen LogP contribution < -0.4 is 10.6 Å². The number of likely N-dealkylation sites (tertiary alicyclic amines) is 1. The van der Waals surface area contributed by atoms with Gasteiger partial charge in [-0.05, 0) is 57.6 Å². The summed E-state index contributed by atoms with van der Waals surface area (Å²) in [5, 5.41) is 16.1. The molecule has 3 N–H and O–H groups in total. The minimum atomic E-state index is -0.766. The maximum Gasteiger partial charge on any atom is 0.318 e. The second-order valence-corrected chi connectivity index (χ2v) is 16.2. The first-order valence-corrected chi connectivity index (χ1v) is 19.9. The summed E-state index contributed by atoms with van der Waals surface area (Å²) < 4.78 is 12.0. The largest absolute Gasteiger partial charge is 0.394 e. The Kier molecular flexibility index (Phi) is 17.7. The standard InChI is InChI=1S/C41H70N6O7/c1-12-27(4)37(45(9)40(51)36(26(2)3)43-41(52)47-28(5)23-44(8)24-29(47)6)34(53-10)22-35(49)46-20-16-19-33(46)38(54-11)30(7)39(50)42-32(25-48)21-31-17-14-13-15-18-31/h13-15,17-18,26-30,32-34,36-38,48H,12,16,19-25H2,1-11H3,(H,42,50)(H,43,52)/t27-,28-,29+,30+,32-,33-,34-,36-,37-,38+/m0/s1. The number of amides is 5. The van der Waals surface area contributed by atoms with Crippen molar-refractivity contribution in [2.45, 2.75) is 129 Å². The van der Waals surface area contributed by atoms with Crippen molar-refractivity contribution in [1.82, 2.24) is 30.2 Å². The van der Waals surface area contributed by atoms with Crippen LogP contribution in [0.1, 0.15) is 79.7 Å². The molecule has 0 saturated carbocycles. The molecular formula is C41H70N6O7. The van der Waals surface area contributed by atoms with Crippen molar-refractivity contribution in [1.29, 1.82) is 0 Å². The molecule has 2 fully saturated rings. The number of hydrogen-bond donors (Lipinski definition) is 3. The molecule has 54 heavy (non-hydrogen) atoms. The van der Waals surface area contributed by atoms with E-state index in [4.69, 9.17) is 9.47 Å². The van der Waals surface area contributed by atoms with Crippen molar-refractivity contribution in [2.75, 3.05) is 54.6 Å². The molecule has 2 heterocycles. The Hall–Kier alpha value is -3.26. The van der Waals surface area contributed by atoms with Gasteiger partial charge >= 0.3 is 6.03 Å². The number of ether oxygens (including phenoxy) is 2. The van der Waals surface area contributed by atoms with E-state index < -0.39 is 36.3 Å². The lowest BCUT2D eigenvalue weighted by Gasteiger charge is -2.44. The molecule has 0 aliphatic carbocycles. The van der Waals surface area contributed by atoms with Crippen molar-refractivity contribution in [3.8, 4) is 0 Å². The minimum Gasteiger partial charge on any atom is -0.394 e. The van der Waals surface area contributed by atoms with Gasteiger partial charge in [0.05, 0.1) is 49.3 Å². The summed E-state index contributed by atoms with van der Waals surface area (Å²) >= 11 is 0. The fraction of sp³-hybridized carbons (Fsp3) is 0.756. The zero-order valence-corrected chi connectivity index (χ0v) is 34.8. The van der Waals surface area contributed by atoms with Crippen LogP contribution in [0.5, 0.6) is 0 Å². The monoisotopic (exact) mass is 759 g/mol. The third-order valence-corrected chi connectivity index (χ3v) is 11.7. The number of hydrogen-bond acceptors (Lipinski definition) is 8. The molecule has 0 spiro atoms. The molecule has 13 heteroatoms. The van der Waals surface area contributed by atoms with Crippen molar-refractivity contribution >= 4 is 23.8 Å². The predicted octanol–water partition coefficient (Wildman–Crippen LogP) is 3.39. The summed E-state index contributed by atoms with van der Waals surface area (Å²) in [4.78, 5) is 63.2. The molecule has 3 rings (SSSR count). The van der Waals surface area contributed by atoms with Crippen LogP contribution in [0.4, 0.5) is 4.79 Å². The second kappa shape index (κ2) is 21.2. The van der Waals surface area contributed by atoms with E-state index >= 15 is 0 Å². The van der Waals surface area contributed by atoms with Gasteiger partial charge in [-0.15, -0.1) is 0 Å². The lowest BCUT2D eigenvalue weighted by atomic mass is 9.89. The zero-order valence-electron chi connectivity index (χ0n) is 34.8. The van der Waals surface area contributed by atoms with E-state index in [0.29, 0.717) is 19.4 Å². The van der Waals surface area contributed by atoms with Gasteiger partial charge < -0.3 is 44.8 Å². The van der Waals surface area contributed by atoms with E-state index in [1.807, 2.05) is 74.9 Å². The van der Waals surface area contributed by atoms with Crippen molar-refractivity contribution in [3.63, 3.8) is 0 Å². The number of urea groups is 1. The summed E-state index contributed by atoms with van der Waals surface area (Å²) in [5.74, 6) is -1.38. The van der Waals surface area contributed by atoms with Gasteiger partial charge in [0.1, 0.15) is 6.04 Å². The van der Waals surface area contributed by atoms with Gasteiger partial charge in [0.15, 0.2) is 0 Å². The number of aliphatic hydroxyl groups is 1. The zero-order chi connectivity index (χ0) is 40.3. The number of methoxy groups -OCH3 is 2. The predicted molar refractivity (Wildman–Crippen MR) is 211 cm³/mol. The number of benzene rings is 1. The maximum atomic E-state index is 14.3. The van der Waals surface area contributed by atoms with Crippen LogP contribution in [0.3, 0.4) is 0 Å². The number of piperazine rings is 1. The Balaban J connectivity index is 1.75. The normalized spacial score (nSPS) is 23.2. The third kappa shape index (κ3) is 11.4. The highest BCUT2D eigenvalue weighted by molar-refractivity contribution is 5.88. The summed E-state index contributed by atoms with van der Waals surface area (Å²) in [5.41, 5.74) is 1.01. The number of carbonyl (C=O) groups is 4. The molecule has 5 amide bonds. The first-order valence-electron chi connectivity index (χ1n) is 19.9. The maximum absolute atomic E-state index is 14.3. The van der Waals surface area contributed by atoms with Crippen LogP contribution >= 0.6 is 0 Å². The van der Waals surface area contributed by atoms with Crippen molar-refractivity contribution in [2.24, 2.45) is 17.8 Å². The Morgan fingerprint density at radius 2 is 1.61 bits per heavy atom. The highest BCUT2D eigenvalue weighted by Gasteiger charge is 2.43. The number of rotatable bonds is 18. The van der Waals surface area contributed by atoms with Gasteiger partial charge in [0, 0.05) is 53.0 Å². The average molecular weight is 759 g/mol. The minimum absolute atomic E-state index is 0.00211. The fourth-order valence-electron chi connectivity index (χ4n) is 8.63. The van der Waals surface area contributed by atoms with Gasteiger partial charge in [-0.2, -0.15) is 0 Å². The van der Waals surface area contributed by atoms with E-state index in [9.17, 15) is 24.3 Å². The Labute approximate surface area is 324 Å². The van der Waals surface area contributed by atoms with Gasteiger partial charge in [-0.25, -0.2) is 4.79 Å². The van der Waals surface area contributed by atoms with Crippen LogP contribution in [0.15, 0.2) is 30.3 Å². The van der Waals surface area contributed by atoms with Gasteiger partial charge in [-0.1, -0.05) is 71.4 Å². The topological polar surface area (TPSA) is 144 Å². The van der Waals surface area contributed by atoms with E-state index in [1.165, 1.54) is 0 Å². The summed E-state index contributed by atoms with van der Waals surface area (Å²) in [6.45, 7) is 15.6. The van der Waals surface area contributed by atoms with Crippen LogP contribution in [-0.4, -0.2) is 151 Å². The summed E-state index contributed by atoms with van der Waals surface area (Å²) in [6, 6.07) is 7.45. The van der Waals surface area contributed by atoms with Crippen LogP contribution in [0, 0.1) is 17.8 Å².